The molecule has 0 aromatic heterocycles. The molecule has 1 N–H and O–H groups in total. The van der Waals surface area contributed by atoms with Crippen LogP contribution in [0.4, 0.5) is 0 Å². The van der Waals surface area contributed by atoms with E-state index in [-0.39, 0.29) is 23.8 Å². The van der Waals surface area contributed by atoms with Crippen LogP contribution in [0.3, 0.4) is 0 Å². The Morgan fingerprint density at radius 1 is 1.13 bits per heavy atom. The summed E-state index contributed by atoms with van der Waals surface area (Å²) in [5.41, 5.74) is 3.46. The number of carboxylic acid groups (broad SMARTS) is 1. The predicted octanol–water partition coefficient (Wildman–Crippen LogP) is 1.89. The Bertz CT molecular complexity index is 640. The molecule has 0 aliphatic heterocycles. The summed E-state index contributed by atoms with van der Waals surface area (Å²) in [6.45, 7) is 6.06. The Hall–Kier alpha value is -1.84. The maximum Gasteiger partial charge on any atom is 0.224 e. The van der Waals surface area contributed by atoms with E-state index in [0.717, 1.165) is 24.8 Å². The van der Waals surface area contributed by atoms with Crippen LogP contribution in [0.5, 0.6) is 0 Å². The van der Waals surface area contributed by atoms with Crippen LogP contribution in [0.1, 0.15) is 48.9 Å². The lowest BCUT2D eigenvalue weighted by molar-refractivity contribution is -0.314. The number of amides is 1. The van der Waals surface area contributed by atoms with Crippen molar-refractivity contribution >= 4 is 11.9 Å². The van der Waals surface area contributed by atoms with Gasteiger partial charge in [0.1, 0.15) is 0 Å². The second kappa shape index (κ2) is 5.99. The first kappa shape index (κ1) is 16.0. The monoisotopic (exact) mass is 314 g/mol. The van der Waals surface area contributed by atoms with E-state index >= 15 is 0 Å². The number of benzene rings is 1. The summed E-state index contributed by atoms with van der Waals surface area (Å²) in [6, 6.07) is 6.03. The number of rotatable bonds is 4. The number of hydrogen-bond donors (Lipinski definition) is 1. The van der Waals surface area contributed by atoms with E-state index in [1.54, 1.807) is 0 Å². The zero-order valence-corrected chi connectivity index (χ0v) is 14.0. The van der Waals surface area contributed by atoms with Crippen molar-refractivity contribution in [3.63, 3.8) is 0 Å². The van der Waals surface area contributed by atoms with Crippen molar-refractivity contribution in [1.29, 1.82) is 0 Å². The van der Waals surface area contributed by atoms with E-state index in [9.17, 15) is 14.7 Å². The summed E-state index contributed by atoms with van der Waals surface area (Å²) < 4.78 is 0. The third-order valence-electron chi connectivity index (χ3n) is 5.88. The fourth-order valence-electron chi connectivity index (χ4n) is 4.43. The normalized spacial score (nSPS) is 30.2. The molecule has 0 unspecified atom stereocenters. The van der Waals surface area contributed by atoms with Crippen LogP contribution < -0.4 is 10.4 Å². The molecule has 2 bridgehead atoms. The van der Waals surface area contributed by atoms with Crippen molar-refractivity contribution < 1.29 is 14.7 Å². The minimum atomic E-state index is -1.06. The molecule has 23 heavy (non-hydrogen) atoms. The highest BCUT2D eigenvalue weighted by Gasteiger charge is 2.51. The van der Waals surface area contributed by atoms with Gasteiger partial charge in [-0.3, -0.25) is 4.79 Å². The number of hydrogen-bond acceptors (Lipinski definition) is 3. The third-order valence-corrected chi connectivity index (χ3v) is 5.88. The first-order valence-electron chi connectivity index (χ1n) is 8.47. The molecule has 0 spiro atoms. The first-order valence-corrected chi connectivity index (χ1v) is 8.47. The third kappa shape index (κ3) is 2.87. The molecule has 2 aliphatic rings. The van der Waals surface area contributed by atoms with Gasteiger partial charge in [0.15, 0.2) is 0 Å². The molecule has 4 heteroatoms. The van der Waals surface area contributed by atoms with Gasteiger partial charge in [-0.25, -0.2) is 0 Å². The van der Waals surface area contributed by atoms with Gasteiger partial charge in [0, 0.05) is 17.8 Å². The number of fused-ring (bicyclic) bond motifs is 2. The topological polar surface area (TPSA) is 69.2 Å². The Balaban J connectivity index is 1.73. The van der Waals surface area contributed by atoms with Crippen LogP contribution in [0, 0.1) is 37.5 Å². The standard InChI is InChI=1S/C19H25NO3/c1-10-4-5-13(8-11(10)2)12(3)20-18(21)16-14-6-7-15(9-14)17(16)19(22)23/h4-5,8,12,14-17H,6-7,9H2,1-3H3,(H,20,21)(H,22,23)/p-1/t12-,14+,15+,16+,17+/m1/s1. The van der Waals surface area contributed by atoms with Gasteiger partial charge in [0.25, 0.3) is 0 Å². The van der Waals surface area contributed by atoms with Gasteiger partial charge in [-0.05, 0) is 68.6 Å². The second-order valence-corrected chi connectivity index (χ2v) is 7.28. The number of nitrogens with one attached hydrogen (secondary N) is 1. The molecule has 5 atom stereocenters. The molecule has 1 aromatic rings. The minimum Gasteiger partial charge on any atom is -0.550 e. The number of aliphatic carboxylic acids is 1. The van der Waals surface area contributed by atoms with Crippen molar-refractivity contribution in [1.82, 2.24) is 5.32 Å². The lowest BCUT2D eigenvalue weighted by Gasteiger charge is -2.31. The van der Waals surface area contributed by atoms with E-state index in [0.29, 0.717) is 0 Å². The quantitative estimate of drug-likeness (QED) is 0.923. The SMILES string of the molecule is Cc1ccc([C@@H](C)NC(=O)[C@H]2[C@H]3CC[C@@H](C3)[C@@H]2C(=O)[O-])cc1C. The molecule has 0 saturated heterocycles. The van der Waals surface area contributed by atoms with Crippen molar-refractivity contribution in [2.24, 2.45) is 23.7 Å². The Morgan fingerprint density at radius 2 is 1.78 bits per heavy atom. The zero-order valence-electron chi connectivity index (χ0n) is 14.0. The van der Waals surface area contributed by atoms with E-state index in [4.69, 9.17) is 0 Å². The summed E-state index contributed by atoms with van der Waals surface area (Å²) in [5.74, 6) is -1.89. The molecule has 124 valence electrons. The maximum atomic E-state index is 12.7. The molecule has 0 heterocycles. The highest BCUT2D eigenvalue weighted by atomic mass is 16.4. The van der Waals surface area contributed by atoms with Crippen LogP contribution in [-0.2, 0) is 9.59 Å². The molecular formula is C19H24NO3-. The summed E-state index contributed by atoms with van der Waals surface area (Å²) in [6.07, 6.45) is 2.74. The number of carbonyl (C=O) groups excluding carboxylic acids is 2. The van der Waals surface area contributed by atoms with E-state index in [2.05, 4.69) is 31.3 Å². The molecule has 2 fully saturated rings. The average Bonchev–Trinajstić information content (AvgIpc) is 3.10. The molecular weight excluding hydrogens is 290 g/mol. The van der Waals surface area contributed by atoms with Gasteiger partial charge in [-0.1, -0.05) is 18.2 Å². The van der Waals surface area contributed by atoms with E-state index in [1.165, 1.54) is 11.1 Å². The molecule has 3 rings (SSSR count). The van der Waals surface area contributed by atoms with Gasteiger partial charge >= 0.3 is 0 Å². The Labute approximate surface area is 137 Å². The van der Waals surface area contributed by atoms with Crippen molar-refractivity contribution in [3.05, 3.63) is 34.9 Å². The molecule has 4 nitrogen and oxygen atoms in total. The molecule has 1 amide bonds. The predicted molar refractivity (Wildman–Crippen MR) is 85.3 cm³/mol. The van der Waals surface area contributed by atoms with Gasteiger partial charge in [0.2, 0.25) is 5.91 Å². The largest absolute Gasteiger partial charge is 0.550 e. The van der Waals surface area contributed by atoms with Crippen molar-refractivity contribution in [2.45, 2.75) is 46.1 Å². The van der Waals surface area contributed by atoms with Crippen LogP contribution >= 0.6 is 0 Å². The maximum absolute atomic E-state index is 12.7. The molecule has 1 aromatic carbocycles. The fraction of sp³-hybridized carbons (Fsp3) is 0.579. The van der Waals surface area contributed by atoms with Crippen molar-refractivity contribution in [3.8, 4) is 0 Å². The summed E-state index contributed by atoms with van der Waals surface area (Å²) >= 11 is 0. The molecule has 2 saturated carbocycles. The summed E-state index contributed by atoms with van der Waals surface area (Å²) in [5, 5.41) is 14.5. The van der Waals surface area contributed by atoms with Gasteiger partial charge in [0.05, 0.1) is 6.04 Å². The van der Waals surface area contributed by atoms with E-state index < -0.39 is 17.8 Å². The highest BCUT2D eigenvalue weighted by Crippen LogP contribution is 2.52. The molecule has 2 aliphatic carbocycles. The van der Waals surface area contributed by atoms with Gasteiger partial charge in [-0.2, -0.15) is 0 Å². The van der Waals surface area contributed by atoms with Crippen LogP contribution in [0.25, 0.3) is 0 Å². The van der Waals surface area contributed by atoms with Crippen LogP contribution in [-0.4, -0.2) is 11.9 Å². The van der Waals surface area contributed by atoms with Gasteiger partial charge < -0.3 is 15.2 Å². The first-order chi connectivity index (χ1) is 10.9. The second-order valence-electron chi connectivity index (χ2n) is 7.28. The number of carboxylic acids is 1. The summed E-state index contributed by atoms with van der Waals surface area (Å²) in [7, 11) is 0. The van der Waals surface area contributed by atoms with Crippen LogP contribution in [0.2, 0.25) is 0 Å². The highest BCUT2D eigenvalue weighted by molar-refractivity contribution is 5.85. The van der Waals surface area contributed by atoms with Crippen molar-refractivity contribution in [2.75, 3.05) is 0 Å². The summed E-state index contributed by atoms with van der Waals surface area (Å²) in [4.78, 5) is 24.1. The number of aryl methyl sites for hydroxylation is 2. The lowest BCUT2D eigenvalue weighted by atomic mass is 9.78. The molecule has 0 radical (unpaired) electrons. The minimum absolute atomic E-state index is 0.122. The lowest BCUT2D eigenvalue weighted by Crippen LogP contribution is -2.46. The zero-order chi connectivity index (χ0) is 16.7. The van der Waals surface area contributed by atoms with Crippen LogP contribution in [0.15, 0.2) is 18.2 Å². The number of carbonyl (C=O) groups is 2. The van der Waals surface area contributed by atoms with E-state index in [1.807, 2.05) is 13.0 Å². The fourth-order valence-corrected chi connectivity index (χ4v) is 4.43. The van der Waals surface area contributed by atoms with Gasteiger partial charge in [-0.15, -0.1) is 0 Å². The smallest absolute Gasteiger partial charge is 0.224 e. The Kier molecular flexibility index (Phi) is 4.17. The average molecular weight is 314 g/mol. The Morgan fingerprint density at radius 3 is 2.39 bits per heavy atom.